The molecular formula is C19H22N4O. The first kappa shape index (κ1) is 16.3. The maximum absolute atomic E-state index is 12.5. The zero-order valence-electron chi connectivity index (χ0n) is 14.2. The van der Waals surface area contributed by atoms with Crippen molar-refractivity contribution < 1.29 is 0 Å². The van der Waals surface area contributed by atoms with Gasteiger partial charge in [-0.15, -0.1) is 0 Å². The van der Waals surface area contributed by atoms with Crippen molar-refractivity contribution in [2.45, 2.75) is 39.4 Å². The van der Waals surface area contributed by atoms with Crippen molar-refractivity contribution in [1.29, 1.82) is 0 Å². The first-order valence-corrected chi connectivity index (χ1v) is 8.17. The molecule has 0 saturated carbocycles. The van der Waals surface area contributed by atoms with E-state index in [2.05, 4.69) is 36.2 Å². The molecule has 1 aromatic carbocycles. The predicted molar refractivity (Wildman–Crippen MR) is 96.0 cm³/mol. The summed E-state index contributed by atoms with van der Waals surface area (Å²) in [6.45, 7) is 6.77. The third-order valence-electron chi connectivity index (χ3n) is 4.29. The fourth-order valence-electron chi connectivity index (χ4n) is 3.02. The average Bonchev–Trinajstić information content (AvgIpc) is 2.58. The van der Waals surface area contributed by atoms with E-state index in [1.165, 1.54) is 15.8 Å². The van der Waals surface area contributed by atoms with Crippen LogP contribution < -0.4 is 10.9 Å². The lowest BCUT2D eigenvalue weighted by Crippen LogP contribution is -2.37. The Kier molecular flexibility index (Phi) is 4.71. The summed E-state index contributed by atoms with van der Waals surface area (Å²) in [5.41, 5.74) is 2.33. The molecule has 3 aromatic rings. The molecular weight excluding hydrogens is 300 g/mol. The monoisotopic (exact) mass is 322 g/mol. The number of nitrogens with zero attached hydrogens (tertiary/aromatic N) is 3. The highest BCUT2D eigenvalue weighted by molar-refractivity contribution is 5.80. The summed E-state index contributed by atoms with van der Waals surface area (Å²) in [6, 6.07) is 9.81. The minimum atomic E-state index is -0.0491. The van der Waals surface area contributed by atoms with Crippen LogP contribution in [-0.2, 0) is 6.54 Å². The Morgan fingerprint density at radius 2 is 1.96 bits per heavy atom. The lowest BCUT2D eigenvalue weighted by molar-refractivity contribution is 0.404. The molecule has 2 heterocycles. The maximum atomic E-state index is 12.5. The van der Waals surface area contributed by atoms with Gasteiger partial charge in [-0.05, 0) is 44.0 Å². The summed E-state index contributed by atoms with van der Waals surface area (Å²) in [4.78, 5) is 16.7. The van der Waals surface area contributed by atoms with Crippen LogP contribution in [0.5, 0.6) is 0 Å². The van der Waals surface area contributed by atoms with Crippen LogP contribution in [-0.4, -0.2) is 20.8 Å². The molecule has 24 heavy (non-hydrogen) atoms. The molecule has 0 aliphatic rings. The molecule has 2 unspecified atom stereocenters. The molecule has 2 atom stereocenters. The van der Waals surface area contributed by atoms with Gasteiger partial charge >= 0.3 is 0 Å². The number of nitrogens with one attached hydrogen (secondary N) is 1. The van der Waals surface area contributed by atoms with Gasteiger partial charge in [0.1, 0.15) is 0 Å². The summed E-state index contributed by atoms with van der Waals surface area (Å²) in [5.74, 6) is 0. The summed E-state index contributed by atoms with van der Waals surface area (Å²) in [7, 11) is 0. The van der Waals surface area contributed by atoms with E-state index in [4.69, 9.17) is 0 Å². The number of aryl methyl sites for hydroxylation is 1. The summed E-state index contributed by atoms with van der Waals surface area (Å²) in [5, 5.41) is 9.40. The number of pyridine rings is 1. The first-order valence-electron chi connectivity index (χ1n) is 8.17. The van der Waals surface area contributed by atoms with Gasteiger partial charge in [0.05, 0.1) is 18.1 Å². The molecule has 0 spiro atoms. The van der Waals surface area contributed by atoms with Crippen molar-refractivity contribution >= 4 is 10.8 Å². The molecule has 0 fully saturated rings. The normalized spacial score (nSPS) is 13.8. The van der Waals surface area contributed by atoms with Gasteiger partial charge in [-0.25, -0.2) is 4.68 Å². The molecule has 0 amide bonds. The van der Waals surface area contributed by atoms with E-state index in [9.17, 15) is 4.79 Å². The third-order valence-corrected chi connectivity index (χ3v) is 4.29. The highest BCUT2D eigenvalue weighted by Crippen LogP contribution is 2.16. The molecule has 5 nitrogen and oxygen atoms in total. The molecule has 2 aromatic heterocycles. The molecule has 0 aliphatic heterocycles. The van der Waals surface area contributed by atoms with Gasteiger partial charge < -0.3 is 5.32 Å². The molecule has 5 heteroatoms. The van der Waals surface area contributed by atoms with E-state index < -0.39 is 0 Å². The quantitative estimate of drug-likeness (QED) is 0.785. The van der Waals surface area contributed by atoms with Crippen molar-refractivity contribution in [3.63, 3.8) is 0 Å². The second kappa shape index (κ2) is 6.93. The Hall–Kier alpha value is -2.53. The fraction of sp³-hybridized carbons (Fsp3) is 0.316. The van der Waals surface area contributed by atoms with Crippen molar-refractivity contribution in [2.75, 3.05) is 0 Å². The second-order valence-electron chi connectivity index (χ2n) is 6.24. The highest BCUT2D eigenvalue weighted by Gasteiger charge is 2.13. The van der Waals surface area contributed by atoms with Gasteiger partial charge in [0, 0.05) is 29.9 Å². The smallest absolute Gasteiger partial charge is 0.274 e. The number of hydrogen-bond donors (Lipinski definition) is 1. The number of hydrogen-bond acceptors (Lipinski definition) is 4. The summed E-state index contributed by atoms with van der Waals surface area (Å²) < 4.78 is 1.53. The molecule has 124 valence electrons. The van der Waals surface area contributed by atoms with E-state index in [-0.39, 0.29) is 17.6 Å². The van der Waals surface area contributed by atoms with E-state index in [1.807, 2.05) is 36.5 Å². The number of aromatic nitrogens is 3. The van der Waals surface area contributed by atoms with Crippen LogP contribution in [0.25, 0.3) is 10.8 Å². The SMILES string of the molecule is Cc1ccncc1C(C)NC(C)Cn1ncc2ccccc2c1=O. The topological polar surface area (TPSA) is 59.8 Å². The third kappa shape index (κ3) is 3.36. The maximum Gasteiger partial charge on any atom is 0.274 e. The van der Waals surface area contributed by atoms with Crippen LogP contribution in [0.1, 0.15) is 31.0 Å². The van der Waals surface area contributed by atoms with Crippen LogP contribution >= 0.6 is 0 Å². The Labute approximate surface area is 141 Å². The molecule has 0 radical (unpaired) electrons. The highest BCUT2D eigenvalue weighted by atomic mass is 16.1. The molecule has 0 saturated heterocycles. The summed E-state index contributed by atoms with van der Waals surface area (Å²) in [6.07, 6.45) is 5.44. The van der Waals surface area contributed by atoms with E-state index in [1.54, 1.807) is 12.4 Å². The minimum Gasteiger partial charge on any atom is -0.306 e. The van der Waals surface area contributed by atoms with Gasteiger partial charge in [0.15, 0.2) is 0 Å². The Balaban J connectivity index is 1.75. The zero-order chi connectivity index (χ0) is 17.1. The Morgan fingerprint density at radius 1 is 1.17 bits per heavy atom. The Morgan fingerprint density at radius 3 is 2.75 bits per heavy atom. The van der Waals surface area contributed by atoms with Crippen LogP contribution in [0.15, 0.2) is 53.7 Å². The van der Waals surface area contributed by atoms with Crippen LogP contribution in [0.2, 0.25) is 0 Å². The molecule has 0 bridgehead atoms. The standard InChI is InChI=1S/C19H22N4O/c1-13-8-9-20-11-18(13)15(3)22-14(2)12-23-19(24)17-7-5-4-6-16(17)10-21-23/h4-11,14-15,22H,12H2,1-3H3. The van der Waals surface area contributed by atoms with Crippen LogP contribution in [0, 0.1) is 6.92 Å². The fourth-order valence-corrected chi connectivity index (χ4v) is 3.02. The van der Waals surface area contributed by atoms with Gasteiger partial charge in [-0.1, -0.05) is 18.2 Å². The van der Waals surface area contributed by atoms with E-state index >= 15 is 0 Å². The molecule has 0 aliphatic carbocycles. The average molecular weight is 322 g/mol. The predicted octanol–water partition coefficient (Wildman–Crippen LogP) is 2.84. The van der Waals surface area contributed by atoms with Crippen molar-refractivity contribution in [3.8, 4) is 0 Å². The van der Waals surface area contributed by atoms with Gasteiger partial charge in [-0.2, -0.15) is 5.10 Å². The zero-order valence-corrected chi connectivity index (χ0v) is 14.2. The van der Waals surface area contributed by atoms with Crippen LogP contribution in [0.4, 0.5) is 0 Å². The summed E-state index contributed by atoms with van der Waals surface area (Å²) >= 11 is 0. The van der Waals surface area contributed by atoms with Crippen molar-refractivity contribution in [1.82, 2.24) is 20.1 Å². The minimum absolute atomic E-state index is 0.0491. The van der Waals surface area contributed by atoms with Gasteiger partial charge in [0.25, 0.3) is 5.56 Å². The lowest BCUT2D eigenvalue weighted by atomic mass is 10.0. The number of benzene rings is 1. The van der Waals surface area contributed by atoms with Crippen LogP contribution in [0.3, 0.4) is 0 Å². The van der Waals surface area contributed by atoms with Gasteiger partial charge in [-0.3, -0.25) is 9.78 Å². The number of rotatable bonds is 5. The molecule has 1 N–H and O–H groups in total. The van der Waals surface area contributed by atoms with E-state index in [0.717, 1.165) is 5.39 Å². The second-order valence-corrected chi connectivity index (χ2v) is 6.24. The first-order chi connectivity index (χ1) is 11.6. The molecule has 3 rings (SSSR count). The van der Waals surface area contributed by atoms with E-state index in [0.29, 0.717) is 11.9 Å². The van der Waals surface area contributed by atoms with Crippen molar-refractivity contribution in [3.05, 3.63) is 70.4 Å². The largest absolute Gasteiger partial charge is 0.306 e. The lowest BCUT2D eigenvalue weighted by Gasteiger charge is -2.21. The number of fused-ring (bicyclic) bond motifs is 1. The van der Waals surface area contributed by atoms with Crippen molar-refractivity contribution in [2.24, 2.45) is 0 Å². The van der Waals surface area contributed by atoms with Gasteiger partial charge in [0.2, 0.25) is 0 Å². The Bertz CT molecular complexity index is 903.